The first kappa shape index (κ1) is 25.5. The maximum Gasteiger partial charge on any atom is 0.162 e. The van der Waals surface area contributed by atoms with E-state index in [1.807, 2.05) is 36.4 Å². The molecular weight excluding hydrogens is 472 g/mol. The Morgan fingerprint density at radius 2 is 1.16 bits per heavy atom. The summed E-state index contributed by atoms with van der Waals surface area (Å²) in [4.78, 5) is 0. The Balaban J connectivity index is 1.65. The SMILES string of the molecule is COc1cc(C(O)C(Oc2ccc(/C=C/c3ccc(O)cc3)cc2OC)c2ccc(O)cc2)ccc1O. The normalized spacial score (nSPS) is 12.7. The molecule has 2 unspecified atom stereocenters. The van der Waals surface area contributed by atoms with Crippen LogP contribution in [-0.2, 0) is 0 Å². The number of benzene rings is 4. The predicted molar refractivity (Wildman–Crippen MR) is 141 cm³/mol. The number of methoxy groups -OCH3 is 2. The van der Waals surface area contributed by atoms with Gasteiger partial charge in [-0.1, -0.05) is 48.6 Å². The van der Waals surface area contributed by atoms with E-state index in [1.54, 1.807) is 42.5 Å². The van der Waals surface area contributed by atoms with Crippen LogP contribution in [0.3, 0.4) is 0 Å². The van der Waals surface area contributed by atoms with Gasteiger partial charge in [0.25, 0.3) is 0 Å². The van der Waals surface area contributed by atoms with Crippen LogP contribution in [0.4, 0.5) is 0 Å². The van der Waals surface area contributed by atoms with Crippen LogP contribution < -0.4 is 14.2 Å². The summed E-state index contributed by atoms with van der Waals surface area (Å²) in [5.41, 5.74) is 2.88. The van der Waals surface area contributed by atoms with Crippen molar-refractivity contribution in [3.63, 3.8) is 0 Å². The van der Waals surface area contributed by atoms with Crippen LogP contribution in [0.5, 0.6) is 34.5 Å². The Bertz CT molecular complexity index is 1360. The van der Waals surface area contributed by atoms with Crippen LogP contribution >= 0.6 is 0 Å². The number of ether oxygens (including phenoxy) is 3. The van der Waals surface area contributed by atoms with E-state index in [2.05, 4.69) is 0 Å². The van der Waals surface area contributed by atoms with Crippen molar-refractivity contribution in [2.45, 2.75) is 12.2 Å². The predicted octanol–water partition coefficient (Wildman–Crippen LogP) is 5.84. The number of phenols is 3. The second-order valence-corrected chi connectivity index (χ2v) is 8.34. The number of aromatic hydroxyl groups is 3. The van der Waals surface area contributed by atoms with Crippen molar-refractivity contribution in [1.82, 2.24) is 0 Å². The van der Waals surface area contributed by atoms with Gasteiger partial charge < -0.3 is 34.6 Å². The van der Waals surface area contributed by atoms with Gasteiger partial charge in [-0.2, -0.15) is 0 Å². The summed E-state index contributed by atoms with van der Waals surface area (Å²) in [5.74, 6) is 1.35. The third-order valence-electron chi connectivity index (χ3n) is 5.86. The third-order valence-corrected chi connectivity index (χ3v) is 5.86. The molecule has 0 bridgehead atoms. The Hall–Kier alpha value is -4.62. The van der Waals surface area contributed by atoms with Crippen molar-refractivity contribution in [2.75, 3.05) is 14.2 Å². The summed E-state index contributed by atoms with van der Waals surface area (Å²) >= 11 is 0. The highest BCUT2D eigenvalue weighted by Gasteiger charge is 2.27. The lowest BCUT2D eigenvalue weighted by atomic mass is 9.97. The van der Waals surface area contributed by atoms with E-state index in [9.17, 15) is 20.4 Å². The van der Waals surface area contributed by atoms with Gasteiger partial charge in [-0.05, 0) is 70.8 Å². The molecule has 0 spiro atoms. The first-order valence-corrected chi connectivity index (χ1v) is 11.5. The molecule has 0 aliphatic carbocycles. The second kappa shape index (κ2) is 11.4. The number of rotatable bonds is 9. The molecule has 4 aromatic carbocycles. The summed E-state index contributed by atoms with van der Waals surface area (Å²) in [6, 6.07) is 23.2. The van der Waals surface area contributed by atoms with E-state index in [-0.39, 0.29) is 23.0 Å². The molecule has 0 saturated carbocycles. The Morgan fingerprint density at radius 1 is 0.595 bits per heavy atom. The Labute approximate surface area is 215 Å². The van der Waals surface area contributed by atoms with Crippen molar-refractivity contribution in [3.8, 4) is 34.5 Å². The van der Waals surface area contributed by atoms with Crippen LogP contribution in [0, 0.1) is 0 Å². The van der Waals surface area contributed by atoms with Gasteiger partial charge in [-0.25, -0.2) is 0 Å². The molecule has 190 valence electrons. The van der Waals surface area contributed by atoms with Gasteiger partial charge in [0, 0.05) is 0 Å². The molecule has 2 atom stereocenters. The third kappa shape index (κ3) is 6.15. The summed E-state index contributed by atoms with van der Waals surface area (Å²) in [6.45, 7) is 0. The van der Waals surface area contributed by atoms with Crippen molar-refractivity contribution in [1.29, 1.82) is 0 Å². The van der Waals surface area contributed by atoms with Crippen molar-refractivity contribution in [3.05, 3.63) is 107 Å². The monoisotopic (exact) mass is 500 g/mol. The second-order valence-electron chi connectivity index (χ2n) is 8.34. The fourth-order valence-electron chi connectivity index (χ4n) is 3.83. The largest absolute Gasteiger partial charge is 0.508 e. The van der Waals surface area contributed by atoms with Crippen LogP contribution in [0.25, 0.3) is 12.2 Å². The number of aliphatic hydroxyl groups excluding tert-OH is 1. The first-order valence-electron chi connectivity index (χ1n) is 11.5. The van der Waals surface area contributed by atoms with Gasteiger partial charge in [0.15, 0.2) is 29.1 Å². The summed E-state index contributed by atoms with van der Waals surface area (Å²) in [5, 5.41) is 40.5. The van der Waals surface area contributed by atoms with Gasteiger partial charge >= 0.3 is 0 Å². The molecule has 4 aromatic rings. The van der Waals surface area contributed by atoms with E-state index in [0.717, 1.165) is 11.1 Å². The average Bonchev–Trinajstić information content (AvgIpc) is 2.92. The zero-order valence-corrected chi connectivity index (χ0v) is 20.4. The highest BCUT2D eigenvalue weighted by Crippen LogP contribution is 2.40. The maximum atomic E-state index is 11.3. The number of phenolic OH excluding ortho intramolecular Hbond substituents is 3. The van der Waals surface area contributed by atoms with E-state index in [0.29, 0.717) is 22.6 Å². The number of hydrogen-bond donors (Lipinski definition) is 4. The zero-order chi connectivity index (χ0) is 26.4. The topological polar surface area (TPSA) is 109 Å². The molecule has 7 nitrogen and oxygen atoms in total. The van der Waals surface area contributed by atoms with Crippen LogP contribution in [0.1, 0.15) is 34.5 Å². The Morgan fingerprint density at radius 3 is 1.81 bits per heavy atom. The van der Waals surface area contributed by atoms with E-state index in [1.165, 1.54) is 32.4 Å². The molecule has 0 heterocycles. The number of hydrogen-bond acceptors (Lipinski definition) is 7. The van der Waals surface area contributed by atoms with Crippen LogP contribution in [-0.4, -0.2) is 34.6 Å². The van der Waals surface area contributed by atoms with Crippen LogP contribution in [0.15, 0.2) is 84.9 Å². The van der Waals surface area contributed by atoms with Crippen molar-refractivity contribution in [2.24, 2.45) is 0 Å². The smallest absolute Gasteiger partial charge is 0.162 e. The molecule has 37 heavy (non-hydrogen) atoms. The zero-order valence-electron chi connectivity index (χ0n) is 20.4. The molecule has 0 amide bonds. The maximum absolute atomic E-state index is 11.3. The minimum absolute atomic E-state index is 0.0434. The average molecular weight is 501 g/mol. The number of aliphatic hydroxyl groups is 1. The van der Waals surface area contributed by atoms with Gasteiger partial charge in [0.2, 0.25) is 0 Å². The fourth-order valence-corrected chi connectivity index (χ4v) is 3.83. The quantitative estimate of drug-likeness (QED) is 0.214. The molecule has 0 radical (unpaired) electrons. The van der Waals surface area contributed by atoms with E-state index >= 15 is 0 Å². The Kier molecular flexibility index (Phi) is 7.86. The van der Waals surface area contributed by atoms with Crippen molar-refractivity contribution >= 4 is 12.2 Å². The highest BCUT2D eigenvalue weighted by atomic mass is 16.5. The first-order chi connectivity index (χ1) is 17.9. The molecule has 0 aromatic heterocycles. The van der Waals surface area contributed by atoms with Gasteiger partial charge in [0.05, 0.1) is 14.2 Å². The van der Waals surface area contributed by atoms with Crippen molar-refractivity contribution < 1.29 is 34.6 Å². The van der Waals surface area contributed by atoms with Gasteiger partial charge in [0.1, 0.15) is 17.6 Å². The summed E-state index contributed by atoms with van der Waals surface area (Å²) < 4.78 is 17.1. The van der Waals surface area contributed by atoms with Gasteiger partial charge in [-0.3, -0.25) is 0 Å². The van der Waals surface area contributed by atoms with E-state index < -0.39 is 12.2 Å². The highest BCUT2D eigenvalue weighted by molar-refractivity contribution is 5.71. The molecule has 0 aliphatic heterocycles. The molecule has 7 heteroatoms. The minimum Gasteiger partial charge on any atom is -0.508 e. The summed E-state index contributed by atoms with van der Waals surface area (Å²) in [6.07, 6.45) is 1.81. The molecule has 0 saturated heterocycles. The van der Waals surface area contributed by atoms with E-state index in [4.69, 9.17) is 14.2 Å². The molecule has 0 fully saturated rings. The summed E-state index contributed by atoms with van der Waals surface area (Å²) in [7, 11) is 2.97. The fraction of sp³-hybridized carbons (Fsp3) is 0.133. The molecule has 0 aliphatic rings. The molecule has 4 N–H and O–H groups in total. The minimum atomic E-state index is -1.14. The lowest BCUT2D eigenvalue weighted by molar-refractivity contribution is 0.0326. The van der Waals surface area contributed by atoms with Crippen LogP contribution in [0.2, 0.25) is 0 Å². The molecule has 4 rings (SSSR count). The van der Waals surface area contributed by atoms with Gasteiger partial charge in [-0.15, -0.1) is 0 Å². The standard InChI is InChI=1S/C30H28O7/c1-35-27-18-22(10-15-25(27)33)29(34)30(21-8-13-24(32)14-9-21)37-26-16-7-20(17-28(26)36-2)4-3-19-5-11-23(31)12-6-19/h3-18,29-34H,1-2H3/b4-3+. The molecular formula is C30H28O7. The lowest BCUT2D eigenvalue weighted by Crippen LogP contribution is -2.18. The lowest BCUT2D eigenvalue weighted by Gasteiger charge is -2.26.